The third-order valence-corrected chi connectivity index (χ3v) is 5.90. The van der Waals surface area contributed by atoms with Crippen molar-refractivity contribution in [3.63, 3.8) is 0 Å². The molecule has 1 aromatic rings. The molecule has 1 fully saturated rings. The van der Waals surface area contributed by atoms with Crippen molar-refractivity contribution < 1.29 is 32.3 Å². The van der Waals surface area contributed by atoms with Crippen LogP contribution in [-0.4, -0.2) is 64.6 Å². The van der Waals surface area contributed by atoms with E-state index in [1.165, 1.54) is 7.05 Å². The zero-order chi connectivity index (χ0) is 22.8. The van der Waals surface area contributed by atoms with Crippen LogP contribution in [0.2, 0.25) is 0 Å². The van der Waals surface area contributed by atoms with Gasteiger partial charge in [-0.3, -0.25) is 22.9 Å². The Morgan fingerprint density at radius 2 is 2.00 bits per heavy atom. The van der Waals surface area contributed by atoms with Gasteiger partial charge < -0.3 is 20.7 Å². The molecule has 2 rings (SSSR count). The fourth-order valence-corrected chi connectivity index (χ4v) is 3.52. The van der Waals surface area contributed by atoms with Gasteiger partial charge in [-0.15, -0.1) is 0 Å². The molecule has 0 unspecified atom stereocenters. The first kappa shape index (κ1) is 24.2. The molecule has 1 aromatic heterocycles. The van der Waals surface area contributed by atoms with Crippen molar-refractivity contribution in [3.8, 4) is 0 Å². The quantitative estimate of drug-likeness (QED) is 0.316. The molecular weight excluding hydrogens is 424 g/mol. The second-order valence-electron chi connectivity index (χ2n) is 7.07. The molecule has 1 aliphatic rings. The van der Waals surface area contributed by atoms with Crippen LogP contribution >= 0.6 is 0 Å². The predicted octanol–water partition coefficient (Wildman–Crippen LogP) is -3.08. The van der Waals surface area contributed by atoms with Crippen LogP contribution in [0.1, 0.15) is 26.5 Å². The van der Waals surface area contributed by atoms with Gasteiger partial charge in [-0.25, -0.2) is 9.52 Å². The van der Waals surface area contributed by atoms with E-state index in [-0.39, 0.29) is 5.92 Å². The van der Waals surface area contributed by atoms with Crippen LogP contribution in [0.25, 0.3) is 0 Å². The van der Waals surface area contributed by atoms with Crippen LogP contribution in [-0.2, 0) is 31.1 Å². The van der Waals surface area contributed by atoms with Crippen LogP contribution in [0.4, 0.5) is 0 Å². The van der Waals surface area contributed by atoms with Gasteiger partial charge in [0, 0.05) is 19.3 Å². The summed E-state index contributed by atoms with van der Waals surface area (Å²) in [6, 6.07) is -0.00158. The highest BCUT2D eigenvalue weighted by atomic mass is 32.2. The van der Waals surface area contributed by atoms with Crippen molar-refractivity contribution in [3.05, 3.63) is 33.1 Å². The Balaban J connectivity index is 2.06. The number of aromatic nitrogens is 2. The van der Waals surface area contributed by atoms with Crippen molar-refractivity contribution in [2.24, 2.45) is 18.7 Å². The minimum Gasteiger partial charge on any atom is -0.387 e. The zero-order valence-electron chi connectivity index (χ0n) is 16.7. The summed E-state index contributed by atoms with van der Waals surface area (Å²) in [4.78, 5) is 35.6. The van der Waals surface area contributed by atoms with E-state index in [4.69, 9.17) is 10.5 Å². The smallest absolute Gasteiger partial charge is 0.362 e. The van der Waals surface area contributed by atoms with Crippen LogP contribution in [0.5, 0.6) is 0 Å². The Labute approximate surface area is 172 Å². The molecule has 30 heavy (non-hydrogen) atoms. The Morgan fingerprint density at radius 3 is 2.60 bits per heavy atom. The Hall–Kier alpha value is -2.10. The second-order valence-corrected chi connectivity index (χ2v) is 8.41. The van der Waals surface area contributed by atoms with Crippen molar-refractivity contribution >= 4 is 16.2 Å². The van der Waals surface area contributed by atoms with Gasteiger partial charge in [-0.05, 0) is 5.92 Å². The van der Waals surface area contributed by atoms with Crippen LogP contribution in [0, 0.1) is 5.92 Å². The van der Waals surface area contributed by atoms with E-state index in [9.17, 15) is 33.0 Å². The van der Waals surface area contributed by atoms with Gasteiger partial charge in [0.25, 0.3) is 11.5 Å². The number of amides is 1. The summed E-state index contributed by atoms with van der Waals surface area (Å²) in [7, 11) is -3.34. The maximum atomic E-state index is 12.2. The first-order valence-electron chi connectivity index (χ1n) is 9.16. The first-order valence-corrected chi connectivity index (χ1v) is 10.6. The van der Waals surface area contributed by atoms with Crippen LogP contribution < -0.4 is 21.7 Å². The zero-order valence-corrected chi connectivity index (χ0v) is 17.5. The molecule has 0 saturated carbocycles. The average molecular weight is 450 g/mol. The number of carbonyl (C=O) groups is 1. The molecule has 0 radical (unpaired) electrons. The average Bonchev–Trinajstić information content (AvgIpc) is 2.97. The van der Waals surface area contributed by atoms with Gasteiger partial charge in [-0.1, -0.05) is 20.3 Å². The standard InChI is InChI=1S/C16H26N4O9S/c1-4-8(2)11(17)14(24)18-30(26,27)28-7-9-12(22)13(23)15(29-9)20-6-5-10(21)19(3)16(20)25/h5-6,8-9,11-13,15,22-23H,4,7,17H2,1-3H3,(H,18,24)/t8-,9+,11-,12+,13+,15+/m0/s1. The number of nitrogens with zero attached hydrogens (tertiary/aromatic N) is 2. The van der Waals surface area contributed by atoms with Gasteiger partial charge in [0.2, 0.25) is 0 Å². The topological polar surface area (TPSA) is 192 Å². The largest absolute Gasteiger partial charge is 0.387 e. The molecule has 13 nitrogen and oxygen atoms in total. The summed E-state index contributed by atoms with van der Waals surface area (Å²) < 4.78 is 37.4. The van der Waals surface area contributed by atoms with E-state index in [1.54, 1.807) is 18.6 Å². The molecule has 1 aliphatic heterocycles. The molecule has 14 heteroatoms. The van der Waals surface area contributed by atoms with Crippen molar-refractivity contribution in [2.45, 2.75) is 50.8 Å². The lowest BCUT2D eigenvalue weighted by Gasteiger charge is -2.19. The molecule has 1 saturated heterocycles. The Morgan fingerprint density at radius 1 is 1.37 bits per heavy atom. The molecule has 0 aromatic carbocycles. The molecule has 6 atom stereocenters. The number of ether oxygens (including phenoxy) is 1. The van der Waals surface area contributed by atoms with Gasteiger partial charge in [0.15, 0.2) is 6.23 Å². The molecule has 2 heterocycles. The first-order chi connectivity index (χ1) is 13.9. The Kier molecular flexibility index (Phi) is 7.54. The number of nitrogens with one attached hydrogen (secondary N) is 1. The van der Waals surface area contributed by atoms with Gasteiger partial charge in [0.05, 0.1) is 12.6 Å². The normalized spacial score (nSPS) is 26.3. The lowest BCUT2D eigenvalue weighted by molar-refractivity contribution is -0.121. The summed E-state index contributed by atoms with van der Waals surface area (Å²) in [5, 5.41) is 20.3. The molecule has 5 N–H and O–H groups in total. The van der Waals surface area contributed by atoms with Crippen LogP contribution in [0.15, 0.2) is 21.9 Å². The lowest BCUT2D eigenvalue weighted by Crippen LogP contribution is -2.47. The third-order valence-electron chi connectivity index (χ3n) is 5.00. The molecule has 1 amide bonds. The Bertz CT molecular complexity index is 989. The minimum atomic E-state index is -4.56. The fourth-order valence-electron chi connectivity index (χ4n) is 2.77. The number of rotatable bonds is 8. The highest BCUT2D eigenvalue weighted by Gasteiger charge is 2.45. The summed E-state index contributed by atoms with van der Waals surface area (Å²) in [5.41, 5.74) is 4.28. The SMILES string of the molecule is CC[C@H](C)[C@H](N)C(=O)NS(=O)(=O)OC[C@H]1O[C@@H](n2ccc(=O)n(C)c2=O)[C@H](O)[C@@H]1O. The monoisotopic (exact) mass is 450 g/mol. The number of aliphatic hydroxyl groups is 2. The van der Waals surface area contributed by atoms with E-state index in [2.05, 4.69) is 4.18 Å². The summed E-state index contributed by atoms with van der Waals surface area (Å²) >= 11 is 0. The van der Waals surface area contributed by atoms with E-state index < -0.39 is 64.6 Å². The van der Waals surface area contributed by atoms with E-state index in [1.807, 2.05) is 0 Å². The van der Waals surface area contributed by atoms with Crippen molar-refractivity contribution in [1.82, 2.24) is 13.9 Å². The van der Waals surface area contributed by atoms with Crippen molar-refractivity contribution in [2.75, 3.05) is 6.61 Å². The van der Waals surface area contributed by atoms with Crippen LogP contribution in [0.3, 0.4) is 0 Å². The predicted molar refractivity (Wildman–Crippen MR) is 102 cm³/mol. The van der Waals surface area contributed by atoms with Crippen molar-refractivity contribution in [1.29, 1.82) is 0 Å². The second kappa shape index (κ2) is 9.36. The van der Waals surface area contributed by atoms with E-state index >= 15 is 0 Å². The molecular formula is C16H26N4O9S. The highest BCUT2D eigenvalue weighted by Crippen LogP contribution is 2.28. The minimum absolute atomic E-state index is 0.267. The number of hydrogen-bond acceptors (Lipinski definition) is 10. The van der Waals surface area contributed by atoms with E-state index in [0.717, 1.165) is 21.4 Å². The fraction of sp³-hybridized carbons (Fsp3) is 0.688. The number of carbonyl (C=O) groups excluding carboxylic acids is 1. The number of hydrogen-bond donors (Lipinski definition) is 4. The summed E-state index contributed by atoms with van der Waals surface area (Å²) in [6.07, 6.45) is -4.30. The number of nitrogens with two attached hydrogens (primary N) is 1. The maximum absolute atomic E-state index is 12.2. The molecule has 0 spiro atoms. The third kappa shape index (κ3) is 5.14. The van der Waals surface area contributed by atoms with Gasteiger partial charge in [-0.2, -0.15) is 8.42 Å². The number of aliphatic hydroxyl groups excluding tert-OH is 2. The maximum Gasteiger partial charge on any atom is 0.362 e. The van der Waals surface area contributed by atoms with Gasteiger partial charge >= 0.3 is 16.0 Å². The molecule has 0 aliphatic carbocycles. The molecule has 0 bridgehead atoms. The highest BCUT2D eigenvalue weighted by molar-refractivity contribution is 7.85. The molecule has 170 valence electrons. The van der Waals surface area contributed by atoms with E-state index in [0.29, 0.717) is 6.42 Å². The lowest BCUT2D eigenvalue weighted by atomic mass is 10.00. The summed E-state index contributed by atoms with van der Waals surface area (Å²) in [5.74, 6) is -1.22. The van der Waals surface area contributed by atoms with Gasteiger partial charge in [0.1, 0.15) is 18.3 Å². The summed E-state index contributed by atoms with van der Waals surface area (Å²) in [6.45, 7) is 2.72.